The second-order valence-corrected chi connectivity index (χ2v) is 8.53. The molecular weight excluding hydrogens is 429 g/mol. The van der Waals surface area contributed by atoms with Crippen molar-refractivity contribution in [3.8, 4) is 0 Å². The van der Waals surface area contributed by atoms with E-state index in [1.54, 1.807) is 18.2 Å². The van der Waals surface area contributed by atoms with E-state index in [0.717, 1.165) is 9.79 Å². The van der Waals surface area contributed by atoms with E-state index in [9.17, 15) is 14.3 Å². The molecule has 0 atom stereocenters. The highest BCUT2D eigenvalue weighted by molar-refractivity contribution is 7.99. The maximum atomic E-state index is 14.6. The quantitative estimate of drug-likeness (QED) is 0.332. The van der Waals surface area contributed by atoms with Crippen LogP contribution in [0, 0.1) is 5.82 Å². The lowest BCUT2D eigenvalue weighted by Gasteiger charge is -2.14. The molecule has 2 aromatic carbocycles. The molecular formula is C23H20FN5O2S. The number of nitrogens with zero attached hydrogens (tertiary/aromatic N) is 3. The van der Waals surface area contributed by atoms with Gasteiger partial charge in [0.2, 0.25) is 0 Å². The first-order chi connectivity index (χ1) is 15.3. The van der Waals surface area contributed by atoms with Crippen LogP contribution in [0.15, 0.2) is 64.6 Å². The van der Waals surface area contributed by atoms with Gasteiger partial charge in [-0.2, -0.15) is 0 Å². The molecule has 0 aliphatic rings. The first kappa shape index (κ1) is 21.5. The summed E-state index contributed by atoms with van der Waals surface area (Å²) < 4.78 is 14.6. The van der Waals surface area contributed by atoms with Crippen molar-refractivity contribution in [1.82, 2.24) is 15.0 Å². The highest BCUT2D eigenvalue weighted by Crippen LogP contribution is 2.37. The summed E-state index contributed by atoms with van der Waals surface area (Å²) >= 11 is 1.43. The van der Waals surface area contributed by atoms with E-state index in [-0.39, 0.29) is 11.5 Å². The molecule has 4 rings (SSSR count). The molecule has 0 spiro atoms. The fourth-order valence-electron chi connectivity index (χ4n) is 3.12. The van der Waals surface area contributed by atoms with Gasteiger partial charge in [-0.3, -0.25) is 0 Å². The third-order valence-corrected chi connectivity index (χ3v) is 5.82. The molecule has 0 fully saturated rings. The average molecular weight is 450 g/mol. The zero-order valence-electron chi connectivity index (χ0n) is 17.3. The summed E-state index contributed by atoms with van der Waals surface area (Å²) in [6.07, 6.45) is 1.34. The number of halogens is 1. The maximum Gasteiger partial charge on any atom is 0.335 e. The molecule has 2 heterocycles. The molecule has 0 radical (unpaired) electrons. The van der Waals surface area contributed by atoms with Crippen LogP contribution >= 0.6 is 11.8 Å². The Labute approximate surface area is 187 Å². The highest BCUT2D eigenvalue weighted by atomic mass is 32.2. The van der Waals surface area contributed by atoms with Gasteiger partial charge in [0, 0.05) is 15.5 Å². The van der Waals surface area contributed by atoms with Gasteiger partial charge >= 0.3 is 5.97 Å². The first-order valence-electron chi connectivity index (χ1n) is 9.80. The van der Waals surface area contributed by atoms with Crippen LogP contribution in [0.4, 0.5) is 21.6 Å². The number of carboxylic acids is 1. The second-order valence-electron chi connectivity index (χ2n) is 7.42. The van der Waals surface area contributed by atoms with E-state index >= 15 is 0 Å². The number of nitrogen functional groups attached to an aromatic ring is 1. The molecule has 4 N–H and O–H groups in total. The minimum absolute atomic E-state index is 0.0964. The van der Waals surface area contributed by atoms with Gasteiger partial charge in [0.1, 0.15) is 18.0 Å². The summed E-state index contributed by atoms with van der Waals surface area (Å²) in [5.41, 5.74) is 7.72. The van der Waals surface area contributed by atoms with Gasteiger partial charge in [-0.1, -0.05) is 25.6 Å². The number of aromatic nitrogens is 3. The fourth-order valence-corrected chi connectivity index (χ4v) is 4.00. The topological polar surface area (TPSA) is 114 Å². The lowest BCUT2D eigenvalue weighted by atomic mass is 10.1. The van der Waals surface area contributed by atoms with E-state index in [0.29, 0.717) is 33.9 Å². The van der Waals surface area contributed by atoms with Crippen LogP contribution in [0.25, 0.3) is 11.0 Å². The molecule has 162 valence electrons. The molecule has 2 aromatic heterocycles. The van der Waals surface area contributed by atoms with Crippen LogP contribution in [0.5, 0.6) is 0 Å². The van der Waals surface area contributed by atoms with Crippen molar-refractivity contribution in [2.75, 3.05) is 11.1 Å². The van der Waals surface area contributed by atoms with Gasteiger partial charge in [-0.15, -0.1) is 0 Å². The minimum atomic E-state index is -1.06. The Kier molecular flexibility index (Phi) is 5.91. The number of carboxylic acid groups (broad SMARTS) is 1. The monoisotopic (exact) mass is 449 g/mol. The minimum Gasteiger partial charge on any atom is -0.478 e. The third-order valence-electron chi connectivity index (χ3n) is 4.74. The Morgan fingerprint density at radius 2 is 1.88 bits per heavy atom. The lowest BCUT2D eigenvalue weighted by molar-refractivity contribution is 0.0697. The predicted molar refractivity (Wildman–Crippen MR) is 123 cm³/mol. The maximum absolute atomic E-state index is 14.6. The Bertz CT molecular complexity index is 1310. The molecule has 0 aliphatic heterocycles. The summed E-state index contributed by atoms with van der Waals surface area (Å²) in [6, 6.07) is 13.5. The number of hydrogen-bond acceptors (Lipinski definition) is 7. The Hall–Kier alpha value is -3.72. The van der Waals surface area contributed by atoms with Crippen molar-refractivity contribution in [3.05, 3.63) is 71.9 Å². The summed E-state index contributed by atoms with van der Waals surface area (Å²) in [7, 11) is 0. The van der Waals surface area contributed by atoms with Gasteiger partial charge in [-0.25, -0.2) is 24.1 Å². The van der Waals surface area contributed by atoms with Crippen LogP contribution in [-0.4, -0.2) is 26.0 Å². The largest absolute Gasteiger partial charge is 0.478 e. The van der Waals surface area contributed by atoms with E-state index < -0.39 is 11.8 Å². The van der Waals surface area contributed by atoms with E-state index in [1.165, 1.54) is 36.3 Å². The summed E-state index contributed by atoms with van der Waals surface area (Å²) in [5, 5.41) is 13.0. The number of fused-ring (bicyclic) bond motifs is 1. The highest BCUT2D eigenvalue weighted by Gasteiger charge is 2.16. The zero-order valence-corrected chi connectivity index (χ0v) is 18.2. The van der Waals surface area contributed by atoms with Gasteiger partial charge in [0.15, 0.2) is 5.65 Å². The Morgan fingerprint density at radius 3 is 2.56 bits per heavy atom. The number of nitrogens with one attached hydrogen (secondary N) is 1. The van der Waals surface area contributed by atoms with Crippen molar-refractivity contribution in [3.63, 3.8) is 0 Å². The molecule has 0 unspecified atom stereocenters. The second kappa shape index (κ2) is 8.80. The van der Waals surface area contributed by atoms with Crippen LogP contribution < -0.4 is 11.1 Å². The third kappa shape index (κ3) is 4.47. The number of pyridine rings is 1. The normalized spacial score (nSPS) is 11.1. The molecule has 0 saturated carbocycles. The molecule has 9 heteroatoms. The number of benzene rings is 2. The summed E-state index contributed by atoms with van der Waals surface area (Å²) in [4.78, 5) is 26.0. The molecule has 0 bridgehead atoms. The number of anilines is 3. The zero-order chi connectivity index (χ0) is 22.8. The molecule has 0 amide bonds. The van der Waals surface area contributed by atoms with E-state index in [2.05, 4.69) is 20.3 Å². The molecule has 0 aliphatic carbocycles. The van der Waals surface area contributed by atoms with Gasteiger partial charge in [-0.05, 0) is 54.4 Å². The number of hydrogen-bond donors (Lipinski definition) is 3. The molecule has 32 heavy (non-hydrogen) atoms. The van der Waals surface area contributed by atoms with Crippen LogP contribution in [0.1, 0.15) is 35.8 Å². The van der Waals surface area contributed by atoms with Crippen LogP contribution in [0.2, 0.25) is 0 Å². The lowest BCUT2D eigenvalue weighted by Crippen LogP contribution is -2.04. The summed E-state index contributed by atoms with van der Waals surface area (Å²) in [5.74, 6) is -1.26. The predicted octanol–water partition coefficient (Wildman–Crippen LogP) is 5.46. The SMILES string of the molecule is CC(C)c1nc2ncnc(Nc3cc(C(=O)O)ccc3Sc3ccc(N)cc3)c2cc1F. The van der Waals surface area contributed by atoms with E-state index in [4.69, 9.17) is 5.73 Å². The molecule has 4 aromatic rings. The molecule has 7 nitrogen and oxygen atoms in total. The molecule has 0 saturated heterocycles. The van der Waals surface area contributed by atoms with Crippen molar-refractivity contribution in [2.24, 2.45) is 0 Å². The van der Waals surface area contributed by atoms with Crippen LogP contribution in [-0.2, 0) is 0 Å². The van der Waals surface area contributed by atoms with Crippen molar-refractivity contribution in [2.45, 2.75) is 29.6 Å². The number of rotatable bonds is 6. The first-order valence-corrected chi connectivity index (χ1v) is 10.6. The van der Waals surface area contributed by atoms with Gasteiger partial charge in [0.25, 0.3) is 0 Å². The number of aromatic carboxylic acids is 1. The Morgan fingerprint density at radius 1 is 1.12 bits per heavy atom. The summed E-state index contributed by atoms with van der Waals surface area (Å²) in [6.45, 7) is 3.71. The van der Waals surface area contributed by atoms with Crippen molar-refractivity contribution in [1.29, 1.82) is 0 Å². The number of carbonyl (C=O) groups is 1. The average Bonchev–Trinajstić information content (AvgIpc) is 2.76. The van der Waals surface area contributed by atoms with Crippen LogP contribution in [0.3, 0.4) is 0 Å². The smallest absolute Gasteiger partial charge is 0.335 e. The van der Waals surface area contributed by atoms with Gasteiger partial charge in [0.05, 0.1) is 22.3 Å². The standard InChI is InChI=1S/C23H20FN5O2S/c1-12(2)20-17(24)10-16-21(26-11-27-22(16)29-20)28-18-9-13(23(30)31)3-8-19(18)32-15-6-4-14(25)5-7-15/h3-12H,25H2,1-2H3,(H,30,31)(H,26,27,28,29). The number of nitrogens with two attached hydrogens (primary N) is 1. The fraction of sp³-hybridized carbons (Fsp3) is 0.130. The van der Waals surface area contributed by atoms with Crippen molar-refractivity contribution >= 4 is 46.0 Å². The Balaban J connectivity index is 1.78. The van der Waals surface area contributed by atoms with Crippen molar-refractivity contribution < 1.29 is 14.3 Å². The van der Waals surface area contributed by atoms with E-state index in [1.807, 2.05) is 26.0 Å². The van der Waals surface area contributed by atoms with Gasteiger partial charge < -0.3 is 16.2 Å².